The van der Waals surface area contributed by atoms with Crippen molar-refractivity contribution in [2.45, 2.75) is 18.9 Å². The zero-order chi connectivity index (χ0) is 20.5. The molecule has 2 aromatic carbocycles. The first-order valence-corrected chi connectivity index (χ1v) is 9.31. The van der Waals surface area contributed by atoms with Gasteiger partial charge in [0.2, 0.25) is 5.91 Å². The standard InChI is InChI=1S/C21H24N2O4S/c1-22(13-12-16-8-10-18(27-2)11-9-16)19(14-20(24)25)21(26)23(15-28)17-6-4-3-5-7-17/h3-11,15,19H,12-14H2,1-2H3,(H,24,25). The van der Waals surface area contributed by atoms with Crippen molar-refractivity contribution in [3.05, 3.63) is 60.2 Å². The van der Waals surface area contributed by atoms with E-state index in [-0.39, 0.29) is 12.3 Å². The Hall–Kier alpha value is -2.77. The number of carboxylic acid groups (broad SMARTS) is 1. The minimum absolute atomic E-state index is 0.301. The van der Waals surface area contributed by atoms with E-state index < -0.39 is 12.0 Å². The molecule has 0 bridgehead atoms. The second-order valence-corrected chi connectivity index (χ2v) is 6.55. The first-order chi connectivity index (χ1) is 13.5. The van der Waals surface area contributed by atoms with Crippen molar-refractivity contribution in [3.8, 4) is 5.75 Å². The first-order valence-electron chi connectivity index (χ1n) is 8.84. The molecule has 0 spiro atoms. The van der Waals surface area contributed by atoms with Crippen molar-refractivity contribution in [3.63, 3.8) is 0 Å². The van der Waals surface area contributed by atoms with E-state index in [9.17, 15) is 14.7 Å². The predicted octanol–water partition coefficient (Wildman–Crippen LogP) is 3.00. The number of carbonyl (C=O) groups excluding carboxylic acids is 1. The highest BCUT2D eigenvalue weighted by Crippen LogP contribution is 2.17. The molecule has 0 saturated heterocycles. The van der Waals surface area contributed by atoms with Gasteiger partial charge in [0.25, 0.3) is 0 Å². The molecule has 0 aromatic heterocycles. The second kappa shape index (κ2) is 10.5. The molecule has 0 aliphatic carbocycles. The third-order valence-electron chi connectivity index (χ3n) is 4.47. The maximum absolute atomic E-state index is 13.1. The van der Waals surface area contributed by atoms with E-state index >= 15 is 0 Å². The fourth-order valence-corrected chi connectivity index (χ4v) is 3.07. The number of rotatable bonds is 10. The normalized spacial score (nSPS) is 11.7. The summed E-state index contributed by atoms with van der Waals surface area (Å²) in [7, 11) is 3.36. The number of methoxy groups -OCH3 is 1. The van der Waals surface area contributed by atoms with Crippen molar-refractivity contribution in [2.75, 3.05) is 25.6 Å². The lowest BCUT2D eigenvalue weighted by Gasteiger charge is -2.29. The van der Waals surface area contributed by atoms with Gasteiger partial charge < -0.3 is 9.84 Å². The Labute approximate surface area is 170 Å². The summed E-state index contributed by atoms with van der Waals surface area (Å²) in [5.41, 5.74) is 2.94. The molecule has 0 heterocycles. The molecule has 6 nitrogen and oxygen atoms in total. The molecule has 2 rings (SSSR count). The largest absolute Gasteiger partial charge is 0.497 e. The van der Waals surface area contributed by atoms with E-state index in [1.54, 1.807) is 43.3 Å². The van der Waals surface area contributed by atoms with E-state index in [0.29, 0.717) is 18.7 Å². The summed E-state index contributed by atoms with van der Waals surface area (Å²) < 4.78 is 5.15. The van der Waals surface area contributed by atoms with Crippen LogP contribution in [0.5, 0.6) is 5.75 Å². The molecule has 1 atom stereocenters. The summed E-state index contributed by atoms with van der Waals surface area (Å²) in [6.45, 7) is 0.524. The number of carbonyl (C=O) groups is 2. The highest BCUT2D eigenvalue weighted by Gasteiger charge is 2.30. The molecule has 0 aliphatic rings. The number of benzene rings is 2. The Morgan fingerprint density at radius 1 is 1.14 bits per heavy atom. The van der Waals surface area contributed by atoms with Gasteiger partial charge in [-0.3, -0.25) is 19.4 Å². The number of anilines is 1. The zero-order valence-corrected chi connectivity index (χ0v) is 16.8. The summed E-state index contributed by atoms with van der Waals surface area (Å²) >= 11 is 5.02. The van der Waals surface area contributed by atoms with Gasteiger partial charge in [0.05, 0.1) is 19.0 Å². The van der Waals surface area contributed by atoms with E-state index in [1.165, 1.54) is 10.4 Å². The van der Waals surface area contributed by atoms with Crippen LogP contribution in [0.1, 0.15) is 12.0 Å². The molecule has 7 heteroatoms. The highest BCUT2D eigenvalue weighted by molar-refractivity contribution is 7.79. The first kappa shape index (κ1) is 21.5. The van der Waals surface area contributed by atoms with Crippen molar-refractivity contribution in [2.24, 2.45) is 0 Å². The lowest BCUT2D eigenvalue weighted by Crippen LogP contribution is -2.48. The Balaban J connectivity index is 2.12. The van der Waals surface area contributed by atoms with Crippen LogP contribution in [-0.2, 0) is 16.0 Å². The van der Waals surface area contributed by atoms with Crippen molar-refractivity contribution in [1.82, 2.24) is 4.90 Å². The van der Waals surface area contributed by atoms with Gasteiger partial charge in [-0.1, -0.05) is 42.5 Å². The fourth-order valence-electron chi connectivity index (χ4n) is 2.84. The monoisotopic (exact) mass is 400 g/mol. The van der Waals surface area contributed by atoms with Crippen LogP contribution >= 0.6 is 12.2 Å². The van der Waals surface area contributed by atoms with Crippen LogP contribution < -0.4 is 9.64 Å². The van der Waals surface area contributed by atoms with E-state index in [2.05, 4.69) is 0 Å². The fraction of sp³-hybridized carbons (Fsp3) is 0.286. The molecule has 148 valence electrons. The number of hydrogen-bond acceptors (Lipinski definition) is 5. The van der Waals surface area contributed by atoms with Gasteiger partial charge in [-0.2, -0.15) is 0 Å². The van der Waals surface area contributed by atoms with Crippen molar-refractivity contribution >= 4 is 35.3 Å². The van der Waals surface area contributed by atoms with Gasteiger partial charge in [-0.05, 0) is 43.3 Å². The number of aliphatic carboxylic acids is 1. The summed E-state index contributed by atoms with van der Waals surface area (Å²) in [5.74, 6) is -0.622. The zero-order valence-electron chi connectivity index (χ0n) is 15.9. The summed E-state index contributed by atoms with van der Waals surface area (Å²) in [6, 6.07) is 15.8. The molecule has 1 unspecified atom stereocenters. The lowest BCUT2D eigenvalue weighted by molar-refractivity contribution is -0.141. The van der Waals surface area contributed by atoms with Gasteiger partial charge in [-0.15, -0.1) is 0 Å². The number of likely N-dealkylation sites (N-methyl/N-ethyl adjacent to an activating group) is 1. The Bertz CT molecular complexity index is 796. The number of para-hydroxylation sites is 1. The van der Waals surface area contributed by atoms with E-state index in [4.69, 9.17) is 17.0 Å². The maximum Gasteiger partial charge on any atom is 0.305 e. The summed E-state index contributed by atoms with van der Waals surface area (Å²) in [6.07, 6.45) is 0.372. The number of ether oxygens (including phenoxy) is 1. The third-order valence-corrected chi connectivity index (χ3v) is 4.69. The number of carboxylic acids is 1. The van der Waals surface area contributed by atoms with E-state index in [0.717, 1.165) is 11.3 Å². The molecular formula is C21H24N2O4S. The minimum atomic E-state index is -1.04. The van der Waals surface area contributed by atoms with Gasteiger partial charge >= 0.3 is 5.97 Å². The molecule has 0 aliphatic heterocycles. The number of nitrogens with zero attached hydrogens (tertiary/aromatic N) is 2. The van der Waals surface area contributed by atoms with E-state index in [1.807, 2.05) is 30.3 Å². The molecular weight excluding hydrogens is 376 g/mol. The molecule has 2 aromatic rings. The van der Waals surface area contributed by atoms with Gasteiger partial charge in [0.1, 0.15) is 11.8 Å². The van der Waals surface area contributed by atoms with Crippen LogP contribution in [0, 0.1) is 0 Å². The average Bonchev–Trinajstić information content (AvgIpc) is 2.71. The number of amides is 1. The topological polar surface area (TPSA) is 70.1 Å². The van der Waals surface area contributed by atoms with Gasteiger partial charge in [0, 0.05) is 12.2 Å². The SMILES string of the molecule is COc1ccc(CCN(C)C(CC(=O)O)C(=O)N(C=S)c2ccccc2)cc1. The Morgan fingerprint density at radius 2 is 1.79 bits per heavy atom. The number of hydrogen-bond donors (Lipinski definition) is 1. The van der Waals surface area contributed by atoms with Crippen LogP contribution in [0.25, 0.3) is 0 Å². The molecule has 0 radical (unpaired) electrons. The van der Waals surface area contributed by atoms with Crippen molar-refractivity contribution in [1.29, 1.82) is 0 Å². The van der Waals surface area contributed by atoms with Gasteiger partial charge in [0.15, 0.2) is 0 Å². The summed E-state index contributed by atoms with van der Waals surface area (Å²) in [4.78, 5) is 27.5. The average molecular weight is 401 g/mol. The smallest absolute Gasteiger partial charge is 0.305 e. The molecule has 1 amide bonds. The Kier molecular flexibility index (Phi) is 8.10. The summed E-state index contributed by atoms with van der Waals surface area (Å²) in [5, 5.41) is 9.30. The van der Waals surface area contributed by atoms with Crippen LogP contribution in [0.3, 0.4) is 0 Å². The second-order valence-electron chi connectivity index (χ2n) is 6.34. The lowest BCUT2D eigenvalue weighted by atomic mass is 10.1. The van der Waals surface area contributed by atoms with Crippen LogP contribution in [0.15, 0.2) is 54.6 Å². The molecule has 1 N–H and O–H groups in total. The third kappa shape index (κ3) is 5.87. The molecule has 0 saturated carbocycles. The Morgan fingerprint density at radius 3 is 2.32 bits per heavy atom. The van der Waals surface area contributed by atoms with Crippen LogP contribution in [-0.4, -0.2) is 54.1 Å². The highest BCUT2D eigenvalue weighted by atomic mass is 32.1. The van der Waals surface area contributed by atoms with Gasteiger partial charge in [-0.25, -0.2) is 0 Å². The number of thiocarbonyl (C=S) groups is 1. The molecule has 28 heavy (non-hydrogen) atoms. The van der Waals surface area contributed by atoms with Crippen molar-refractivity contribution < 1.29 is 19.4 Å². The van der Waals surface area contributed by atoms with Crippen LogP contribution in [0.2, 0.25) is 0 Å². The maximum atomic E-state index is 13.1. The predicted molar refractivity (Wildman–Crippen MR) is 113 cm³/mol. The molecule has 0 fully saturated rings. The minimum Gasteiger partial charge on any atom is -0.497 e. The van der Waals surface area contributed by atoms with Crippen LogP contribution in [0.4, 0.5) is 5.69 Å². The quantitative estimate of drug-likeness (QED) is 0.619.